The van der Waals surface area contributed by atoms with Crippen LogP contribution in [-0.4, -0.2) is 49.8 Å². The van der Waals surface area contributed by atoms with E-state index in [-0.39, 0.29) is 6.54 Å². The van der Waals surface area contributed by atoms with Crippen LogP contribution in [0.5, 0.6) is 0 Å². The molecule has 3 amide bonds. The van der Waals surface area contributed by atoms with Gasteiger partial charge in [0, 0.05) is 19.0 Å². The Morgan fingerprint density at radius 3 is 2.79 bits per heavy atom. The Labute approximate surface area is 189 Å². The smallest absolute Gasteiger partial charge is 0.339 e. The number of carbonyl (C=O) groups excluding carboxylic acids is 3. The number of urea groups is 1. The Bertz CT molecular complexity index is 1220. The zero-order valence-electron chi connectivity index (χ0n) is 18.1. The lowest BCUT2D eigenvalue weighted by Gasteiger charge is -2.12. The number of pyridine rings is 1. The van der Waals surface area contributed by atoms with Crippen molar-refractivity contribution < 1.29 is 28.3 Å². The van der Waals surface area contributed by atoms with Gasteiger partial charge in [-0.25, -0.2) is 14.6 Å². The van der Waals surface area contributed by atoms with Crippen LogP contribution in [-0.2, 0) is 20.7 Å². The zero-order chi connectivity index (χ0) is 23.2. The van der Waals surface area contributed by atoms with Gasteiger partial charge in [0.2, 0.25) is 0 Å². The van der Waals surface area contributed by atoms with E-state index in [0.717, 1.165) is 16.8 Å². The summed E-state index contributed by atoms with van der Waals surface area (Å²) < 4.78 is 15.5. The topological polar surface area (TPSA) is 120 Å². The molecule has 0 spiro atoms. The number of carbonyl (C=O) groups is 3. The van der Waals surface area contributed by atoms with Crippen LogP contribution < -0.4 is 10.6 Å². The molecular weight excluding hydrogens is 426 g/mol. The number of allylic oxidation sites excluding steroid dienone is 1. The van der Waals surface area contributed by atoms with Gasteiger partial charge in [0.1, 0.15) is 5.76 Å². The summed E-state index contributed by atoms with van der Waals surface area (Å²) >= 11 is 0. The summed E-state index contributed by atoms with van der Waals surface area (Å²) in [7, 11) is 1.50. The van der Waals surface area contributed by atoms with Crippen molar-refractivity contribution in [3.63, 3.8) is 0 Å². The van der Waals surface area contributed by atoms with Crippen molar-refractivity contribution in [1.82, 2.24) is 15.6 Å². The third kappa shape index (κ3) is 5.09. The fraction of sp³-hybridized carbons (Fsp3) is 0.250. The second-order valence-corrected chi connectivity index (χ2v) is 7.39. The lowest BCUT2D eigenvalue weighted by atomic mass is 10.0. The van der Waals surface area contributed by atoms with E-state index in [0.29, 0.717) is 41.7 Å². The molecule has 4 rings (SSSR count). The van der Waals surface area contributed by atoms with Crippen LogP contribution in [0.25, 0.3) is 22.6 Å². The van der Waals surface area contributed by atoms with Gasteiger partial charge >= 0.3 is 12.0 Å². The van der Waals surface area contributed by atoms with Gasteiger partial charge < -0.3 is 19.2 Å². The second-order valence-electron chi connectivity index (χ2n) is 7.39. The van der Waals surface area contributed by atoms with Gasteiger partial charge in [-0.2, -0.15) is 0 Å². The number of amides is 3. The number of furan rings is 1. The van der Waals surface area contributed by atoms with E-state index in [9.17, 15) is 14.4 Å². The molecule has 0 unspecified atom stereocenters. The summed E-state index contributed by atoms with van der Waals surface area (Å²) in [6.07, 6.45) is 4.82. The summed E-state index contributed by atoms with van der Waals surface area (Å²) in [4.78, 5) is 41.5. The van der Waals surface area contributed by atoms with Gasteiger partial charge in [-0.3, -0.25) is 10.1 Å². The van der Waals surface area contributed by atoms with Crippen LogP contribution in [0.4, 0.5) is 4.79 Å². The molecule has 2 heterocycles. The van der Waals surface area contributed by atoms with E-state index in [4.69, 9.17) is 18.9 Å². The van der Waals surface area contributed by atoms with E-state index >= 15 is 0 Å². The molecule has 170 valence electrons. The summed E-state index contributed by atoms with van der Waals surface area (Å²) in [5, 5.41) is 5.22. The highest BCUT2D eigenvalue weighted by Crippen LogP contribution is 2.37. The molecule has 0 fully saturated rings. The summed E-state index contributed by atoms with van der Waals surface area (Å²) in [6, 6.07) is 10.3. The zero-order valence-corrected chi connectivity index (χ0v) is 18.1. The van der Waals surface area contributed by atoms with Crippen molar-refractivity contribution in [3.05, 3.63) is 65.2 Å². The van der Waals surface area contributed by atoms with Gasteiger partial charge in [0.05, 0.1) is 29.6 Å². The lowest BCUT2D eigenvalue weighted by molar-refractivity contribution is -0.123. The maximum Gasteiger partial charge on any atom is 0.339 e. The van der Waals surface area contributed by atoms with E-state index in [2.05, 4.69) is 10.6 Å². The van der Waals surface area contributed by atoms with Gasteiger partial charge in [0.15, 0.2) is 6.61 Å². The highest BCUT2D eigenvalue weighted by molar-refractivity contribution is 6.07. The summed E-state index contributed by atoms with van der Waals surface area (Å²) in [6.45, 7) is -0.0252. The molecule has 9 heteroatoms. The predicted molar refractivity (Wildman–Crippen MR) is 120 cm³/mol. The molecular formula is C24H23N3O6. The number of para-hydroxylation sites is 1. The van der Waals surface area contributed by atoms with Crippen LogP contribution in [0.3, 0.4) is 0 Å². The second kappa shape index (κ2) is 10.1. The number of hydrogen-bond acceptors (Lipinski definition) is 7. The summed E-state index contributed by atoms with van der Waals surface area (Å²) in [5.74, 6) is -0.664. The van der Waals surface area contributed by atoms with Crippen LogP contribution in [0, 0.1) is 0 Å². The Balaban J connectivity index is 1.54. The minimum atomic E-state index is -0.730. The first kappa shape index (κ1) is 22.2. The highest BCUT2D eigenvalue weighted by Gasteiger charge is 2.28. The Hall–Kier alpha value is -3.98. The number of rotatable bonds is 7. The van der Waals surface area contributed by atoms with Crippen molar-refractivity contribution in [2.45, 2.75) is 12.8 Å². The molecule has 0 radical (unpaired) electrons. The van der Waals surface area contributed by atoms with Crippen molar-refractivity contribution in [1.29, 1.82) is 0 Å². The average molecular weight is 449 g/mol. The Morgan fingerprint density at radius 1 is 1.15 bits per heavy atom. The number of fused-ring (bicyclic) bond motifs is 2. The number of esters is 1. The van der Waals surface area contributed by atoms with E-state index in [1.807, 2.05) is 36.4 Å². The molecule has 2 aromatic heterocycles. The first-order valence-electron chi connectivity index (χ1n) is 10.5. The molecule has 2 N–H and O–H groups in total. The molecule has 0 saturated carbocycles. The van der Waals surface area contributed by atoms with Gasteiger partial charge in [-0.05, 0) is 48.3 Å². The van der Waals surface area contributed by atoms with Crippen LogP contribution >= 0.6 is 0 Å². The number of nitrogens with one attached hydrogen (secondary N) is 2. The number of methoxy groups -OCH3 is 1. The van der Waals surface area contributed by atoms with Crippen molar-refractivity contribution in [2.24, 2.45) is 0 Å². The lowest BCUT2D eigenvalue weighted by Crippen LogP contribution is -2.42. The third-order valence-corrected chi connectivity index (χ3v) is 5.18. The largest absolute Gasteiger partial charge is 0.465 e. The first-order chi connectivity index (χ1) is 16.1. The van der Waals surface area contributed by atoms with Crippen molar-refractivity contribution in [2.75, 3.05) is 26.9 Å². The number of benzene rings is 1. The number of nitrogens with zero attached hydrogens (tertiary/aromatic N) is 1. The molecule has 0 saturated heterocycles. The molecule has 33 heavy (non-hydrogen) atoms. The number of imide groups is 1. The molecule has 3 aromatic rings. The van der Waals surface area contributed by atoms with Crippen LogP contribution in [0.15, 0.2) is 47.1 Å². The molecule has 0 bridgehead atoms. The third-order valence-electron chi connectivity index (χ3n) is 5.18. The minimum Gasteiger partial charge on any atom is -0.465 e. The quantitative estimate of drug-likeness (QED) is 0.420. The number of aromatic nitrogens is 1. The first-order valence-corrected chi connectivity index (χ1v) is 10.5. The van der Waals surface area contributed by atoms with E-state index in [1.165, 1.54) is 7.11 Å². The standard InChI is InChI=1S/C24H23N3O6/c1-31-12-10-25-24(30)27-20(28)14-33-23(29)21-17-6-2-3-7-19(17)26-22-15(8-9-18(21)22)13-16-5-4-11-32-16/h2-7,11,13H,8-10,12,14H2,1H3,(H2,25,27,28,30)/b15-13+. The fourth-order valence-electron chi connectivity index (χ4n) is 3.73. The van der Waals surface area contributed by atoms with Gasteiger partial charge in [-0.15, -0.1) is 0 Å². The molecule has 9 nitrogen and oxygen atoms in total. The average Bonchev–Trinajstić information content (AvgIpc) is 3.46. The SMILES string of the molecule is COCCNC(=O)NC(=O)COC(=O)c1c2c(nc3ccccc13)/C(=C/c1ccco1)CC2. The van der Waals surface area contributed by atoms with Crippen molar-refractivity contribution in [3.8, 4) is 0 Å². The summed E-state index contributed by atoms with van der Waals surface area (Å²) in [5.41, 5.74) is 3.49. The van der Waals surface area contributed by atoms with Crippen LogP contribution in [0.2, 0.25) is 0 Å². The molecule has 1 aliphatic carbocycles. The maximum atomic E-state index is 13.1. The number of ether oxygens (including phenoxy) is 2. The normalized spacial score (nSPS) is 13.7. The van der Waals surface area contributed by atoms with Gasteiger partial charge in [-0.1, -0.05) is 18.2 Å². The fourth-order valence-corrected chi connectivity index (χ4v) is 3.73. The highest BCUT2D eigenvalue weighted by atomic mass is 16.5. The molecule has 0 aliphatic heterocycles. The molecule has 1 aromatic carbocycles. The molecule has 0 atom stereocenters. The van der Waals surface area contributed by atoms with E-state index < -0.39 is 24.5 Å². The number of hydrogen-bond donors (Lipinski definition) is 2. The predicted octanol–water partition coefficient (Wildman–Crippen LogP) is 2.94. The minimum absolute atomic E-state index is 0.248. The van der Waals surface area contributed by atoms with E-state index in [1.54, 1.807) is 12.3 Å². The van der Waals surface area contributed by atoms with Crippen molar-refractivity contribution >= 4 is 40.5 Å². The van der Waals surface area contributed by atoms with Gasteiger partial charge in [0.25, 0.3) is 5.91 Å². The Morgan fingerprint density at radius 2 is 2.00 bits per heavy atom. The maximum absolute atomic E-state index is 13.1. The molecule has 1 aliphatic rings. The van der Waals surface area contributed by atoms with Crippen LogP contribution in [0.1, 0.15) is 33.8 Å². The monoisotopic (exact) mass is 449 g/mol. The Kier molecular flexibility index (Phi) is 6.80.